The van der Waals surface area contributed by atoms with Crippen LogP contribution in [0.25, 0.3) is 0 Å². The van der Waals surface area contributed by atoms with Gasteiger partial charge in [-0.15, -0.1) is 0 Å². The van der Waals surface area contributed by atoms with Gasteiger partial charge >= 0.3 is 0 Å². The number of fused-ring (bicyclic) bond motifs is 1. The average molecular weight is 350 g/mol. The molecule has 0 spiro atoms. The molecule has 1 saturated heterocycles. The average Bonchev–Trinajstić information content (AvgIpc) is 2.63. The molecule has 1 aliphatic heterocycles. The monoisotopic (exact) mass is 350 g/mol. The summed E-state index contributed by atoms with van der Waals surface area (Å²) in [6, 6.07) is 6.32. The molecule has 0 bridgehead atoms. The molecule has 0 amide bonds. The normalized spacial score (nSPS) is 32.4. The first kappa shape index (κ1) is 18.6. The second kappa shape index (κ2) is 8.02. The zero-order chi connectivity index (χ0) is 17.9. The number of rotatable bonds is 6. The maximum atomic E-state index is 13.1. The van der Waals surface area contributed by atoms with Crippen LogP contribution in [0.4, 0.5) is 10.1 Å². The summed E-state index contributed by atoms with van der Waals surface area (Å²) >= 11 is 0. The highest BCUT2D eigenvalue weighted by Gasteiger charge is 2.52. The zero-order valence-corrected chi connectivity index (χ0v) is 15.4. The van der Waals surface area contributed by atoms with Gasteiger partial charge in [-0.2, -0.15) is 0 Å². The summed E-state index contributed by atoms with van der Waals surface area (Å²) in [5, 5.41) is 15.0. The molecule has 5 heteroatoms. The number of nitrogens with one attached hydrogen (secondary N) is 1. The van der Waals surface area contributed by atoms with Gasteiger partial charge in [0.25, 0.3) is 0 Å². The lowest BCUT2D eigenvalue weighted by Gasteiger charge is -2.52. The van der Waals surface area contributed by atoms with Crippen molar-refractivity contribution in [2.24, 2.45) is 5.92 Å². The number of ether oxygens (including phenoxy) is 1. The van der Waals surface area contributed by atoms with E-state index in [1.54, 1.807) is 12.1 Å². The minimum atomic E-state index is -0.858. The third kappa shape index (κ3) is 3.99. The molecule has 2 fully saturated rings. The van der Waals surface area contributed by atoms with E-state index < -0.39 is 5.60 Å². The van der Waals surface area contributed by atoms with E-state index in [4.69, 9.17) is 4.74 Å². The minimum Gasteiger partial charge on any atom is -0.385 e. The number of anilines is 1. The van der Waals surface area contributed by atoms with Crippen molar-refractivity contribution in [3.05, 3.63) is 30.1 Å². The Morgan fingerprint density at radius 2 is 1.96 bits per heavy atom. The standard InChI is InChI=1S/C20H31FN2O2/c1-3-23(4-2)14-15-6-11-18(20(24)12-5-13-25-19(15)20)22-17-9-7-16(21)8-10-17/h7-10,15,18-19,22,24H,3-6,11-14H2,1-2H3. The molecule has 0 radical (unpaired) electrons. The Kier molecular flexibility index (Phi) is 5.97. The second-order valence-corrected chi connectivity index (χ2v) is 7.41. The predicted octanol–water partition coefficient (Wildman–Crippen LogP) is 3.27. The number of aliphatic hydroxyl groups is 1. The van der Waals surface area contributed by atoms with Crippen LogP contribution in [0.2, 0.25) is 0 Å². The van der Waals surface area contributed by atoms with Crippen LogP contribution in [0.5, 0.6) is 0 Å². The number of halogens is 1. The smallest absolute Gasteiger partial charge is 0.123 e. The third-order valence-electron chi connectivity index (χ3n) is 5.94. The molecular formula is C20H31FN2O2. The molecule has 1 aliphatic carbocycles. The van der Waals surface area contributed by atoms with E-state index in [0.29, 0.717) is 5.92 Å². The second-order valence-electron chi connectivity index (χ2n) is 7.41. The summed E-state index contributed by atoms with van der Waals surface area (Å²) in [5.74, 6) is 0.113. The SMILES string of the molecule is CCN(CC)CC1CCC(Nc2ccc(F)cc2)C2(O)CCCOC12. The van der Waals surface area contributed by atoms with Gasteiger partial charge < -0.3 is 20.1 Å². The highest BCUT2D eigenvalue weighted by Crippen LogP contribution is 2.42. The lowest BCUT2D eigenvalue weighted by Crippen LogP contribution is -2.64. The van der Waals surface area contributed by atoms with E-state index in [0.717, 1.165) is 57.6 Å². The van der Waals surface area contributed by atoms with Crippen LogP contribution < -0.4 is 5.32 Å². The molecule has 25 heavy (non-hydrogen) atoms. The fourth-order valence-corrected chi connectivity index (χ4v) is 4.50. The van der Waals surface area contributed by atoms with Crippen LogP contribution >= 0.6 is 0 Å². The van der Waals surface area contributed by atoms with Crippen molar-refractivity contribution in [2.75, 3.05) is 31.6 Å². The van der Waals surface area contributed by atoms with Crippen molar-refractivity contribution < 1.29 is 14.2 Å². The number of nitrogens with zero attached hydrogens (tertiary/aromatic N) is 1. The maximum absolute atomic E-state index is 13.1. The van der Waals surface area contributed by atoms with Gasteiger partial charge in [-0.25, -0.2) is 4.39 Å². The Balaban J connectivity index is 1.75. The predicted molar refractivity (Wildman–Crippen MR) is 98.2 cm³/mol. The molecule has 1 aromatic carbocycles. The molecule has 1 aromatic rings. The van der Waals surface area contributed by atoms with Crippen molar-refractivity contribution in [1.82, 2.24) is 4.90 Å². The van der Waals surface area contributed by atoms with Crippen LogP contribution in [0.15, 0.2) is 24.3 Å². The Morgan fingerprint density at radius 3 is 2.64 bits per heavy atom. The topological polar surface area (TPSA) is 44.7 Å². The van der Waals surface area contributed by atoms with E-state index in [-0.39, 0.29) is 18.0 Å². The minimum absolute atomic E-state index is 0.0591. The fourth-order valence-electron chi connectivity index (χ4n) is 4.50. The first-order chi connectivity index (χ1) is 12.1. The fraction of sp³-hybridized carbons (Fsp3) is 0.700. The van der Waals surface area contributed by atoms with Gasteiger partial charge in [0.1, 0.15) is 11.4 Å². The van der Waals surface area contributed by atoms with Crippen molar-refractivity contribution in [2.45, 2.75) is 57.3 Å². The summed E-state index contributed by atoms with van der Waals surface area (Å²) in [5.41, 5.74) is -0.00533. The molecule has 4 unspecified atom stereocenters. The number of benzene rings is 1. The Bertz CT molecular complexity index is 549. The van der Waals surface area contributed by atoms with Crippen molar-refractivity contribution in [1.29, 1.82) is 0 Å². The zero-order valence-electron chi connectivity index (χ0n) is 15.4. The van der Waals surface area contributed by atoms with E-state index in [9.17, 15) is 9.50 Å². The van der Waals surface area contributed by atoms with E-state index in [1.165, 1.54) is 12.1 Å². The van der Waals surface area contributed by atoms with Gasteiger partial charge in [-0.1, -0.05) is 13.8 Å². The maximum Gasteiger partial charge on any atom is 0.123 e. The first-order valence-corrected chi connectivity index (χ1v) is 9.65. The van der Waals surface area contributed by atoms with Gasteiger partial charge in [-0.3, -0.25) is 0 Å². The third-order valence-corrected chi connectivity index (χ3v) is 5.94. The number of hydrogen-bond acceptors (Lipinski definition) is 4. The van der Waals surface area contributed by atoms with Crippen LogP contribution in [0, 0.1) is 11.7 Å². The molecule has 1 saturated carbocycles. The highest BCUT2D eigenvalue weighted by atomic mass is 19.1. The highest BCUT2D eigenvalue weighted by molar-refractivity contribution is 5.45. The van der Waals surface area contributed by atoms with E-state index >= 15 is 0 Å². The Hall–Kier alpha value is -1.17. The Morgan fingerprint density at radius 1 is 1.24 bits per heavy atom. The molecule has 2 aliphatic rings. The molecule has 1 heterocycles. The summed E-state index contributed by atoms with van der Waals surface area (Å²) in [7, 11) is 0. The molecular weight excluding hydrogens is 319 g/mol. The molecule has 4 nitrogen and oxygen atoms in total. The van der Waals surface area contributed by atoms with E-state index in [2.05, 4.69) is 24.1 Å². The first-order valence-electron chi connectivity index (χ1n) is 9.65. The largest absolute Gasteiger partial charge is 0.385 e. The van der Waals surface area contributed by atoms with Gasteiger partial charge in [-0.05, 0) is 63.0 Å². The van der Waals surface area contributed by atoms with Crippen molar-refractivity contribution >= 4 is 5.69 Å². The molecule has 0 aromatic heterocycles. The summed E-state index contributed by atoms with van der Waals surface area (Å²) in [6.07, 6.45) is 3.44. The molecule has 4 atom stereocenters. The van der Waals surface area contributed by atoms with Crippen LogP contribution in [-0.4, -0.2) is 54.0 Å². The summed E-state index contributed by atoms with van der Waals surface area (Å²) in [6.45, 7) is 8.11. The summed E-state index contributed by atoms with van der Waals surface area (Å²) < 4.78 is 19.2. The van der Waals surface area contributed by atoms with Crippen molar-refractivity contribution in [3.8, 4) is 0 Å². The van der Waals surface area contributed by atoms with Gasteiger partial charge in [0.2, 0.25) is 0 Å². The Labute approximate surface area is 150 Å². The van der Waals surface area contributed by atoms with Gasteiger partial charge in [0.05, 0.1) is 12.1 Å². The quantitative estimate of drug-likeness (QED) is 0.827. The van der Waals surface area contributed by atoms with Crippen LogP contribution in [-0.2, 0) is 4.74 Å². The molecule has 140 valence electrons. The summed E-state index contributed by atoms with van der Waals surface area (Å²) in [4.78, 5) is 2.41. The van der Waals surface area contributed by atoms with E-state index in [1.807, 2.05) is 0 Å². The van der Waals surface area contributed by atoms with Crippen LogP contribution in [0.1, 0.15) is 39.5 Å². The van der Waals surface area contributed by atoms with Gasteiger partial charge in [0, 0.05) is 24.8 Å². The van der Waals surface area contributed by atoms with Gasteiger partial charge in [0.15, 0.2) is 0 Å². The lowest BCUT2D eigenvalue weighted by atomic mass is 9.68. The molecule has 2 N–H and O–H groups in total. The van der Waals surface area contributed by atoms with Crippen LogP contribution in [0.3, 0.4) is 0 Å². The molecule has 3 rings (SSSR count). The number of hydrogen-bond donors (Lipinski definition) is 2. The van der Waals surface area contributed by atoms with Crippen molar-refractivity contribution in [3.63, 3.8) is 0 Å². The lowest BCUT2D eigenvalue weighted by molar-refractivity contribution is -0.192.